The first-order valence-corrected chi connectivity index (χ1v) is 8.91. The Kier molecular flexibility index (Phi) is 5.59. The highest BCUT2D eigenvalue weighted by atomic mass is 35.5. The minimum Gasteiger partial charge on any atom is -0.466 e. The SMILES string of the molecule is CCOC(=O)Cc1csc(NC(=O)c2cn(-c3ccccc3Cl)nn2)n1. The van der Waals surface area contributed by atoms with Crippen LogP contribution >= 0.6 is 22.9 Å². The van der Waals surface area contributed by atoms with Crippen molar-refractivity contribution in [1.82, 2.24) is 20.0 Å². The third kappa shape index (κ3) is 4.24. The number of amides is 1. The number of ether oxygens (including phenoxy) is 1. The number of esters is 1. The Hall–Kier alpha value is -2.78. The molecule has 0 aliphatic heterocycles. The van der Waals surface area contributed by atoms with Crippen molar-refractivity contribution in [2.75, 3.05) is 11.9 Å². The molecule has 1 aromatic carbocycles. The molecule has 3 rings (SSSR count). The molecule has 2 heterocycles. The second-order valence-electron chi connectivity index (χ2n) is 5.08. The lowest BCUT2D eigenvalue weighted by molar-refractivity contribution is -0.142. The molecule has 0 saturated carbocycles. The molecule has 1 amide bonds. The highest BCUT2D eigenvalue weighted by Gasteiger charge is 2.15. The summed E-state index contributed by atoms with van der Waals surface area (Å²) in [5.41, 5.74) is 1.27. The number of para-hydroxylation sites is 1. The second kappa shape index (κ2) is 8.07. The molecule has 0 unspecified atom stereocenters. The first kappa shape index (κ1) is 18.0. The average Bonchev–Trinajstić information content (AvgIpc) is 3.25. The maximum Gasteiger partial charge on any atom is 0.311 e. The molecule has 1 N–H and O–H groups in total. The summed E-state index contributed by atoms with van der Waals surface area (Å²) in [5.74, 6) is -0.821. The number of hydrogen-bond acceptors (Lipinski definition) is 7. The molecule has 0 aliphatic carbocycles. The van der Waals surface area contributed by atoms with Crippen LogP contribution in [0.4, 0.5) is 5.13 Å². The number of nitrogens with zero attached hydrogens (tertiary/aromatic N) is 4. The molecular weight excluding hydrogens is 378 g/mol. The van der Waals surface area contributed by atoms with Gasteiger partial charge < -0.3 is 4.74 Å². The Labute approximate surface area is 157 Å². The number of halogens is 1. The number of carbonyl (C=O) groups excluding carboxylic acids is 2. The summed E-state index contributed by atoms with van der Waals surface area (Å²) in [6, 6.07) is 7.09. The van der Waals surface area contributed by atoms with Gasteiger partial charge in [-0.1, -0.05) is 28.9 Å². The molecule has 0 spiro atoms. The Balaban J connectivity index is 1.67. The van der Waals surface area contributed by atoms with Crippen LogP contribution in [0.25, 0.3) is 5.69 Å². The maximum atomic E-state index is 12.3. The summed E-state index contributed by atoms with van der Waals surface area (Å²) in [7, 11) is 0. The van der Waals surface area contributed by atoms with Crippen molar-refractivity contribution in [2.45, 2.75) is 13.3 Å². The van der Waals surface area contributed by atoms with Crippen molar-refractivity contribution in [2.24, 2.45) is 0 Å². The van der Waals surface area contributed by atoms with Gasteiger partial charge in [0.05, 0.1) is 35.6 Å². The van der Waals surface area contributed by atoms with Crippen LogP contribution in [0.5, 0.6) is 0 Å². The summed E-state index contributed by atoms with van der Waals surface area (Å²) in [4.78, 5) is 27.9. The largest absolute Gasteiger partial charge is 0.466 e. The van der Waals surface area contributed by atoms with Gasteiger partial charge in [0.25, 0.3) is 5.91 Å². The molecule has 0 aliphatic rings. The lowest BCUT2D eigenvalue weighted by atomic mass is 10.3. The van der Waals surface area contributed by atoms with Crippen LogP contribution in [0, 0.1) is 0 Å². The molecule has 0 saturated heterocycles. The number of benzene rings is 1. The van der Waals surface area contributed by atoms with E-state index in [-0.39, 0.29) is 18.1 Å². The quantitative estimate of drug-likeness (QED) is 0.648. The summed E-state index contributed by atoms with van der Waals surface area (Å²) in [6.07, 6.45) is 1.53. The number of rotatable bonds is 6. The van der Waals surface area contributed by atoms with E-state index >= 15 is 0 Å². The fourth-order valence-electron chi connectivity index (χ4n) is 2.09. The third-order valence-corrected chi connectivity index (χ3v) is 4.35. The summed E-state index contributed by atoms with van der Waals surface area (Å²) in [5, 5.41) is 12.9. The Morgan fingerprint density at radius 2 is 2.15 bits per heavy atom. The number of anilines is 1. The molecule has 8 nitrogen and oxygen atoms in total. The summed E-state index contributed by atoms with van der Waals surface area (Å²) >= 11 is 7.32. The molecule has 2 aromatic heterocycles. The molecular formula is C16H14ClN5O3S. The zero-order valence-electron chi connectivity index (χ0n) is 13.7. The lowest BCUT2D eigenvalue weighted by Crippen LogP contribution is -2.12. The highest BCUT2D eigenvalue weighted by molar-refractivity contribution is 7.14. The lowest BCUT2D eigenvalue weighted by Gasteiger charge is -2.01. The van der Waals surface area contributed by atoms with Crippen molar-refractivity contribution in [3.8, 4) is 5.69 Å². The first-order chi connectivity index (χ1) is 12.6. The maximum absolute atomic E-state index is 12.3. The number of nitrogens with one attached hydrogen (secondary N) is 1. The highest BCUT2D eigenvalue weighted by Crippen LogP contribution is 2.20. The van der Waals surface area contributed by atoms with Gasteiger partial charge in [-0.2, -0.15) is 0 Å². The van der Waals surface area contributed by atoms with Gasteiger partial charge in [0.15, 0.2) is 10.8 Å². The minimum absolute atomic E-state index is 0.0584. The van der Waals surface area contributed by atoms with Crippen molar-refractivity contribution < 1.29 is 14.3 Å². The summed E-state index contributed by atoms with van der Waals surface area (Å²) in [6.45, 7) is 2.05. The fourth-order valence-corrected chi connectivity index (χ4v) is 3.02. The zero-order chi connectivity index (χ0) is 18.5. The van der Waals surface area contributed by atoms with E-state index in [1.54, 1.807) is 30.5 Å². The molecule has 134 valence electrons. The second-order valence-corrected chi connectivity index (χ2v) is 6.34. The molecule has 0 atom stereocenters. The van der Waals surface area contributed by atoms with E-state index in [0.717, 1.165) is 0 Å². The van der Waals surface area contributed by atoms with Crippen LogP contribution in [0.2, 0.25) is 5.02 Å². The fraction of sp³-hybridized carbons (Fsp3) is 0.188. The first-order valence-electron chi connectivity index (χ1n) is 7.65. The van der Waals surface area contributed by atoms with Gasteiger partial charge in [-0.15, -0.1) is 16.4 Å². The molecule has 0 bridgehead atoms. The Morgan fingerprint density at radius 3 is 2.92 bits per heavy atom. The van der Waals surface area contributed by atoms with Gasteiger partial charge in [0.2, 0.25) is 0 Å². The van der Waals surface area contributed by atoms with E-state index < -0.39 is 5.91 Å². The van der Waals surface area contributed by atoms with Gasteiger partial charge in [-0.3, -0.25) is 14.9 Å². The van der Waals surface area contributed by atoms with Gasteiger partial charge in [0.1, 0.15) is 0 Å². The number of thiazole rings is 1. The van der Waals surface area contributed by atoms with E-state index in [1.165, 1.54) is 22.2 Å². The van der Waals surface area contributed by atoms with E-state index in [1.807, 2.05) is 6.07 Å². The van der Waals surface area contributed by atoms with Crippen molar-refractivity contribution in [3.05, 3.63) is 52.3 Å². The molecule has 0 radical (unpaired) electrons. The van der Waals surface area contributed by atoms with Gasteiger partial charge in [0, 0.05) is 5.38 Å². The van der Waals surface area contributed by atoms with E-state index in [2.05, 4.69) is 20.6 Å². The van der Waals surface area contributed by atoms with Crippen LogP contribution in [0.3, 0.4) is 0 Å². The Morgan fingerprint density at radius 1 is 1.35 bits per heavy atom. The zero-order valence-corrected chi connectivity index (χ0v) is 15.3. The predicted octanol–water partition coefficient (Wildman–Crippen LogP) is 2.74. The van der Waals surface area contributed by atoms with Crippen LogP contribution in [0.15, 0.2) is 35.8 Å². The number of carbonyl (C=O) groups is 2. The van der Waals surface area contributed by atoms with Crippen LogP contribution in [-0.4, -0.2) is 38.5 Å². The number of hydrogen-bond donors (Lipinski definition) is 1. The van der Waals surface area contributed by atoms with Crippen LogP contribution in [0.1, 0.15) is 23.1 Å². The van der Waals surface area contributed by atoms with E-state index in [9.17, 15) is 9.59 Å². The van der Waals surface area contributed by atoms with Crippen molar-refractivity contribution in [1.29, 1.82) is 0 Å². The van der Waals surface area contributed by atoms with Gasteiger partial charge in [-0.05, 0) is 19.1 Å². The Bertz CT molecular complexity index is 939. The average molecular weight is 392 g/mol. The van der Waals surface area contributed by atoms with Crippen molar-refractivity contribution >= 4 is 39.9 Å². The predicted molar refractivity (Wildman–Crippen MR) is 96.8 cm³/mol. The minimum atomic E-state index is -0.458. The van der Waals surface area contributed by atoms with Gasteiger partial charge >= 0.3 is 5.97 Å². The van der Waals surface area contributed by atoms with Crippen LogP contribution < -0.4 is 5.32 Å². The van der Waals surface area contributed by atoms with Gasteiger partial charge in [-0.25, -0.2) is 9.67 Å². The standard InChI is InChI=1S/C16H14ClN5O3S/c1-2-25-14(23)7-10-9-26-16(18-10)19-15(24)12-8-22(21-20-12)13-6-4-3-5-11(13)17/h3-6,8-9H,2,7H2,1H3,(H,18,19,24). The molecule has 3 aromatic rings. The molecule has 26 heavy (non-hydrogen) atoms. The number of aromatic nitrogens is 4. The smallest absolute Gasteiger partial charge is 0.311 e. The van der Waals surface area contributed by atoms with Crippen molar-refractivity contribution in [3.63, 3.8) is 0 Å². The normalized spacial score (nSPS) is 10.5. The van der Waals surface area contributed by atoms with E-state index in [4.69, 9.17) is 16.3 Å². The molecule has 0 fully saturated rings. The third-order valence-electron chi connectivity index (χ3n) is 3.23. The van der Waals surface area contributed by atoms with E-state index in [0.29, 0.717) is 28.1 Å². The summed E-state index contributed by atoms with van der Waals surface area (Å²) < 4.78 is 6.29. The monoisotopic (exact) mass is 391 g/mol. The molecule has 10 heteroatoms. The topological polar surface area (TPSA) is 99.0 Å². The van der Waals surface area contributed by atoms with Crippen LogP contribution in [-0.2, 0) is 16.0 Å².